The summed E-state index contributed by atoms with van der Waals surface area (Å²) in [6.45, 7) is 0. The Hall–Kier alpha value is -1.28. The Morgan fingerprint density at radius 1 is 1.06 bits per heavy atom. The number of aromatic nitrogens is 1. The molecule has 1 aromatic carbocycles. The Labute approximate surface area is 99.3 Å². The predicted molar refractivity (Wildman–Crippen MR) is 63.6 cm³/mol. The summed E-state index contributed by atoms with van der Waals surface area (Å²) in [6.07, 6.45) is 4.50. The van der Waals surface area contributed by atoms with Gasteiger partial charge in [-0.1, -0.05) is 11.6 Å². The molecule has 0 saturated carbocycles. The van der Waals surface area contributed by atoms with Gasteiger partial charge >= 0.3 is 0 Å². The van der Waals surface area contributed by atoms with E-state index in [9.17, 15) is 0 Å². The van der Waals surface area contributed by atoms with Gasteiger partial charge in [-0.3, -0.25) is 0 Å². The maximum Gasteiger partial charge on any atom is 0.226 e. The zero-order valence-corrected chi connectivity index (χ0v) is 9.63. The molecule has 1 heterocycles. The number of aryl methyl sites for hydroxylation is 2. The Morgan fingerprint density at radius 3 is 2.56 bits per heavy atom. The maximum absolute atomic E-state index is 5.85. The minimum absolute atomic E-state index is 0.726. The molecule has 3 heteroatoms. The van der Waals surface area contributed by atoms with Crippen LogP contribution >= 0.6 is 11.6 Å². The third-order valence-corrected chi connectivity index (χ3v) is 3.19. The fourth-order valence-electron chi connectivity index (χ4n) is 2.07. The number of hydrogen-bond donors (Lipinski definition) is 0. The van der Waals surface area contributed by atoms with Crippen LogP contribution in [0.4, 0.5) is 0 Å². The van der Waals surface area contributed by atoms with E-state index in [1.807, 2.05) is 24.3 Å². The minimum atomic E-state index is 0.726. The van der Waals surface area contributed by atoms with Gasteiger partial charge in [-0.2, -0.15) is 0 Å². The monoisotopic (exact) mass is 233 g/mol. The fraction of sp³-hybridized carbons (Fsp3) is 0.308. The second kappa shape index (κ2) is 3.95. The van der Waals surface area contributed by atoms with Crippen molar-refractivity contribution in [3.05, 3.63) is 40.7 Å². The number of fused-ring (bicyclic) bond motifs is 1. The van der Waals surface area contributed by atoms with E-state index in [4.69, 9.17) is 16.0 Å². The average molecular weight is 234 g/mol. The molecule has 2 nitrogen and oxygen atoms in total. The van der Waals surface area contributed by atoms with Gasteiger partial charge < -0.3 is 4.42 Å². The molecule has 2 aromatic rings. The van der Waals surface area contributed by atoms with Gasteiger partial charge in [-0.05, 0) is 43.5 Å². The highest BCUT2D eigenvalue weighted by Crippen LogP contribution is 2.27. The van der Waals surface area contributed by atoms with Crippen molar-refractivity contribution in [1.29, 1.82) is 0 Å². The van der Waals surface area contributed by atoms with Crippen LogP contribution in [0, 0.1) is 0 Å². The van der Waals surface area contributed by atoms with Gasteiger partial charge in [-0.25, -0.2) is 4.98 Å². The van der Waals surface area contributed by atoms with E-state index < -0.39 is 0 Å². The molecule has 0 amide bonds. The van der Waals surface area contributed by atoms with Gasteiger partial charge in [0.25, 0.3) is 0 Å². The molecule has 0 bridgehead atoms. The van der Waals surface area contributed by atoms with Gasteiger partial charge in [0.05, 0.1) is 5.69 Å². The van der Waals surface area contributed by atoms with Crippen molar-refractivity contribution in [3.63, 3.8) is 0 Å². The molecule has 3 rings (SSSR count). The van der Waals surface area contributed by atoms with Gasteiger partial charge in [0.15, 0.2) is 0 Å². The molecular formula is C13H12ClNO. The molecule has 0 aliphatic heterocycles. The van der Waals surface area contributed by atoms with Crippen molar-refractivity contribution in [2.24, 2.45) is 0 Å². The highest BCUT2D eigenvalue weighted by Gasteiger charge is 2.17. The van der Waals surface area contributed by atoms with Crippen LogP contribution in [0.1, 0.15) is 24.3 Å². The van der Waals surface area contributed by atoms with Crippen molar-refractivity contribution in [3.8, 4) is 11.5 Å². The van der Waals surface area contributed by atoms with E-state index in [1.165, 1.54) is 12.8 Å². The Balaban J connectivity index is 2.00. The van der Waals surface area contributed by atoms with E-state index in [1.54, 1.807) is 0 Å². The average Bonchev–Trinajstić information content (AvgIpc) is 2.73. The molecule has 16 heavy (non-hydrogen) atoms. The largest absolute Gasteiger partial charge is 0.441 e. The number of hydrogen-bond acceptors (Lipinski definition) is 2. The molecule has 1 aliphatic rings. The lowest BCUT2D eigenvalue weighted by Gasteiger charge is -2.05. The molecule has 0 unspecified atom stereocenters. The minimum Gasteiger partial charge on any atom is -0.441 e. The Bertz CT molecular complexity index is 478. The van der Waals surface area contributed by atoms with Gasteiger partial charge in [0, 0.05) is 17.0 Å². The number of oxazole rings is 1. The quantitative estimate of drug-likeness (QED) is 0.747. The molecule has 82 valence electrons. The van der Waals surface area contributed by atoms with Gasteiger partial charge in [0.2, 0.25) is 5.89 Å². The lowest BCUT2D eigenvalue weighted by atomic mass is 10.0. The smallest absolute Gasteiger partial charge is 0.226 e. The van der Waals surface area contributed by atoms with Crippen LogP contribution in [-0.2, 0) is 12.8 Å². The third kappa shape index (κ3) is 1.74. The van der Waals surface area contributed by atoms with Crippen LogP contribution in [0.3, 0.4) is 0 Å². The SMILES string of the molecule is Clc1ccc(-c2nc3c(o2)CCCC3)cc1. The van der Waals surface area contributed by atoms with Crippen molar-refractivity contribution < 1.29 is 4.42 Å². The zero-order valence-electron chi connectivity index (χ0n) is 8.87. The highest BCUT2D eigenvalue weighted by molar-refractivity contribution is 6.30. The van der Waals surface area contributed by atoms with Gasteiger partial charge in [0.1, 0.15) is 5.76 Å². The van der Waals surface area contributed by atoms with Gasteiger partial charge in [-0.15, -0.1) is 0 Å². The van der Waals surface area contributed by atoms with E-state index in [0.29, 0.717) is 0 Å². The van der Waals surface area contributed by atoms with E-state index in [-0.39, 0.29) is 0 Å². The van der Waals surface area contributed by atoms with Crippen LogP contribution in [0.2, 0.25) is 5.02 Å². The molecule has 0 atom stereocenters. The summed E-state index contributed by atoms with van der Waals surface area (Å²) >= 11 is 5.85. The summed E-state index contributed by atoms with van der Waals surface area (Å²) < 4.78 is 5.78. The summed E-state index contributed by atoms with van der Waals surface area (Å²) in [7, 11) is 0. The maximum atomic E-state index is 5.85. The molecule has 0 radical (unpaired) electrons. The van der Waals surface area contributed by atoms with Crippen LogP contribution in [0.25, 0.3) is 11.5 Å². The molecule has 0 saturated heterocycles. The molecule has 0 N–H and O–H groups in total. The lowest BCUT2D eigenvalue weighted by molar-refractivity contribution is 0.487. The predicted octanol–water partition coefficient (Wildman–Crippen LogP) is 3.87. The topological polar surface area (TPSA) is 26.0 Å². The van der Waals surface area contributed by atoms with E-state index in [2.05, 4.69) is 4.98 Å². The van der Waals surface area contributed by atoms with Crippen molar-refractivity contribution in [2.45, 2.75) is 25.7 Å². The van der Waals surface area contributed by atoms with Crippen molar-refractivity contribution in [2.75, 3.05) is 0 Å². The molecule has 0 fully saturated rings. The first-order valence-electron chi connectivity index (χ1n) is 5.57. The summed E-state index contributed by atoms with van der Waals surface area (Å²) in [4.78, 5) is 4.54. The first-order valence-corrected chi connectivity index (χ1v) is 5.95. The number of nitrogens with zero attached hydrogens (tertiary/aromatic N) is 1. The van der Waals surface area contributed by atoms with Crippen LogP contribution < -0.4 is 0 Å². The molecule has 0 spiro atoms. The second-order valence-electron chi connectivity index (χ2n) is 4.10. The zero-order chi connectivity index (χ0) is 11.0. The van der Waals surface area contributed by atoms with Crippen molar-refractivity contribution in [1.82, 2.24) is 4.98 Å². The molecule has 1 aromatic heterocycles. The number of benzene rings is 1. The number of halogens is 1. The Kier molecular flexibility index (Phi) is 2.44. The van der Waals surface area contributed by atoms with E-state index >= 15 is 0 Å². The van der Waals surface area contributed by atoms with Crippen LogP contribution in [-0.4, -0.2) is 4.98 Å². The standard InChI is InChI=1S/C13H12ClNO/c14-10-7-5-9(6-8-10)13-15-11-3-1-2-4-12(11)16-13/h5-8H,1-4H2. The molecule has 1 aliphatic carbocycles. The summed E-state index contributed by atoms with van der Waals surface area (Å²) in [5.41, 5.74) is 2.13. The lowest BCUT2D eigenvalue weighted by Crippen LogP contribution is -1.99. The molecular weight excluding hydrogens is 222 g/mol. The first-order chi connectivity index (χ1) is 7.83. The van der Waals surface area contributed by atoms with Crippen LogP contribution in [0.15, 0.2) is 28.7 Å². The second-order valence-corrected chi connectivity index (χ2v) is 4.54. The summed E-state index contributed by atoms with van der Waals surface area (Å²) in [6, 6.07) is 7.61. The highest BCUT2D eigenvalue weighted by atomic mass is 35.5. The van der Waals surface area contributed by atoms with Crippen molar-refractivity contribution >= 4 is 11.6 Å². The Morgan fingerprint density at radius 2 is 1.81 bits per heavy atom. The van der Waals surface area contributed by atoms with E-state index in [0.717, 1.165) is 40.8 Å². The summed E-state index contributed by atoms with van der Waals surface area (Å²) in [5.74, 6) is 1.79. The first kappa shape index (κ1) is 9.91. The summed E-state index contributed by atoms with van der Waals surface area (Å²) in [5, 5.41) is 0.736. The normalized spacial score (nSPS) is 14.8. The third-order valence-electron chi connectivity index (χ3n) is 2.94. The fourth-order valence-corrected chi connectivity index (χ4v) is 2.19. The van der Waals surface area contributed by atoms with Crippen LogP contribution in [0.5, 0.6) is 0 Å². The number of rotatable bonds is 1.